The molecule has 31 heavy (non-hydrogen) atoms. The van der Waals surface area contributed by atoms with Crippen molar-refractivity contribution in [1.29, 1.82) is 0 Å². The van der Waals surface area contributed by atoms with Crippen LogP contribution in [0.5, 0.6) is 5.75 Å². The first-order valence-corrected chi connectivity index (χ1v) is 11.3. The van der Waals surface area contributed by atoms with Gasteiger partial charge in [-0.3, -0.25) is 0 Å². The second kappa shape index (κ2) is 9.76. The average Bonchev–Trinajstić information content (AvgIpc) is 2.72. The van der Waals surface area contributed by atoms with Crippen LogP contribution in [0.25, 0.3) is 0 Å². The normalized spacial score (nSPS) is 11.2. The SMILES string of the molecule is COc1ccc(C)cc1S(=O)(=O)NCCNc1nc(C)cc(Nc2ccc(C)cc2)n1. The van der Waals surface area contributed by atoms with Gasteiger partial charge in [0.15, 0.2) is 0 Å². The molecule has 3 rings (SSSR count). The minimum Gasteiger partial charge on any atom is -0.495 e. The van der Waals surface area contributed by atoms with Gasteiger partial charge in [-0.05, 0) is 50.6 Å². The Kier molecular flexibility index (Phi) is 7.09. The molecule has 0 aliphatic heterocycles. The Morgan fingerprint density at radius 1 is 0.903 bits per heavy atom. The molecule has 0 aliphatic rings. The third-order valence-electron chi connectivity index (χ3n) is 4.49. The monoisotopic (exact) mass is 441 g/mol. The molecule has 3 aromatic rings. The lowest BCUT2D eigenvalue weighted by Gasteiger charge is -2.12. The van der Waals surface area contributed by atoms with Crippen LogP contribution in [0.2, 0.25) is 0 Å². The Balaban J connectivity index is 1.61. The van der Waals surface area contributed by atoms with Crippen LogP contribution >= 0.6 is 0 Å². The van der Waals surface area contributed by atoms with Crippen molar-refractivity contribution >= 4 is 27.5 Å². The zero-order chi connectivity index (χ0) is 22.4. The van der Waals surface area contributed by atoms with E-state index in [9.17, 15) is 8.42 Å². The zero-order valence-electron chi connectivity index (χ0n) is 18.1. The van der Waals surface area contributed by atoms with E-state index in [0.29, 0.717) is 24.1 Å². The van der Waals surface area contributed by atoms with Crippen molar-refractivity contribution in [3.63, 3.8) is 0 Å². The van der Waals surface area contributed by atoms with Crippen LogP contribution in [0, 0.1) is 20.8 Å². The molecule has 1 aromatic heterocycles. The molecule has 9 heteroatoms. The summed E-state index contributed by atoms with van der Waals surface area (Å²) < 4.78 is 33.1. The highest BCUT2D eigenvalue weighted by atomic mass is 32.2. The summed E-state index contributed by atoms with van der Waals surface area (Å²) in [5.41, 5.74) is 3.73. The second-order valence-electron chi connectivity index (χ2n) is 7.19. The number of aromatic nitrogens is 2. The number of sulfonamides is 1. The highest BCUT2D eigenvalue weighted by Gasteiger charge is 2.19. The topological polar surface area (TPSA) is 105 Å². The molecule has 0 fully saturated rings. The number of aryl methyl sites for hydroxylation is 3. The molecule has 0 radical (unpaired) electrons. The number of anilines is 3. The summed E-state index contributed by atoms with van der Waals surface area (Å²) in [4.78, 5) is 8.93. The lowest BCUT2D eigenvalue weighted by molar-refractivity contribution is 0.402. The number of ether oxygens (including phenoxy) is 1. The van der Waals surface area contributed by atoms with Gasteiger partial charge >= 0.3 is 0 Å². The Labute approximate surface area is 183 Å². The Hall–Kier alpha value is -3.17. The fourth-order valence-electron chi connectivity index (χ4n) is 2.93. The first-order chi connectivity index (χ1) is 14.8. The van der Waals surface area contributed by atoms with E-state index in [-0.39, 0.29) is 11.4 Å². The van der Waals surface area contributed by atoms with Gasteiger partial charge in [-0.25, -0.2) is 18.1 Å². The van der Waals surface area contributed by atoms with Gasteiger partial charge in [0.2, 0.25) is 16.0 Å². The molecule has 8 nitrogen and oxygen atoms in total. The molecule has 0 bridgehead atoms. The summed E-state index contributed by atoms with van der Waals surface area (Å²) in [5.74, 6) is 1.38. The van der Waals surface area contributed by atoms with Gasteiger partial charge in [0.1, 0.15) is 16.5 Å². The highest BCUT2D eigenvalue weighted by molar-refractivity contribution is 7.89. The first-order valence-electron chi connectivity index (χ1n) is 9.84. The molecule has 0 unspecified atom stereocenters. The van der Waals surface area contributed by atoms with Crippen molar-refractivity contribution in [3.05, 3.63) is 65.4 Å². The summed E-state index contributed by atoms with van der Waals surface area (Å²) in [6.45, 7) is 6.22. The molecule has 0 atom stereocenters. The van der Waals surface area contributed by atoms with E-state index in [2.05, 4.69) is 25.3 Å². The quantitative estimate of drug-likeness (QED) is 0.436. The van der Waals surface area contributed by atoms with Crippen LogP contribution in [0.4, 0.5) is 17.5 Å². The second-order valence-corrected chi connectivity index (χ2v) is 8.92. The fourth-order valence-corrected chi connectivity index (χ4v) is 4.21. The number of hydrogen-bond donors (Lipinski definition) is 3. The van der Waals surface area contributed by atoms with E-state index < -0.39 is 10.0 Å². The molecule has 0 spiro atoms. The van der Waals surface area contributed by atoms with E-state index >= 15 is 0 Å². The standard InChI is InChI=1S/C22H27N5O3S/c1-15-5-8-18(9-6-15)26-21-14-17(3)25-22(27-21)23-11-12-24-31(28,29)20-13-16(2)7-10-19(20)30-4/h5-10,13-14,24H,11-12H2,1-4H3,(H2,23,25,26,27). The maximum Gasteiger partial charge on any atom is 0.244 e. The lowest BCUT2D eigenvalue weighted by Crippen LogP contribution is -2.29. The maximum atomic E-state index is 12.7. The average molecular weight is 442 g/mol. The molecule has 1 heterocycles. The van der Waals surface area contributed by atoms with E-state index in [1.54, 1.807) is 18.2 Å². The predicted molar refractivity (Wildman–Crippen MR) is 123 cm³/mol. The third kappa shape index (κ3) is 6.16. The summed E-state index contributed by atoms with van der Waals surface area (Å²) in [7, 11) is -2.26. The zero-order valence-corrected chi connectivity index (χ0v) is 18.9. The van der Waals surface area contributed by atoms with Crippen molar-refractivity contribution in [1.82, 2.24) is 14.7 Å². The van der Waals surface area contributed by atoms with Crippen LogP contribution in [0.15, 0.2) is 53.4 Å². The molecule has 0 saturated carbocycles. The van der Waals surface area contributed by atoms with Gasteiger partial charge in [0.25, 0.3) is 0 Å². The van der Waals surface area contributed by atoms with Crippen molar-refractivity contribution in [2.24, 2.45) is 0 Å². The first kappa shape index (κ1) is 22.5. The minimum absolute atomic E-state index is 0.117. The van der Waals surface area contributed by atoms with Crippen LogP contribution < -0.4 is 20.1 Å². The van der Waals surface area contributed by atoms with E-state index in [1.165, 1.54) is 12.7 Å². The molecule has 0 amide bonds. The maximum absolute atomic E-state index is 12.7. The Bertz CT molecular complexity index is 1150. The van der Waals surface area contributed by atoms with Crippen LogP contribution in [-0.4, -0.2) is 38.6 Å². The van der Waals surface area contributed by atoms with Gasteiger partial charge in [-0.2, -0.15) is 4.98 Å². The number of nitrogens with zero attached hydrogens (tertiary/aromatic N) is 2. The molecular formula is C22H27N5O3S. The predicted octanol–water partition coefficient (Wildman–Crippen LogP) is 3.54. The number of rotatable bonds is 9. The van der Waals surface area contributed by atoms with Crippen molar-refractivity contribution in [2.75, 3.05) is 30.8 Å². The fraction of sp³-hybridized carbons (Fsp3) is 0.273. The largest absolute Gasteiger partial charge is 0.495 e. The molecule has 2 aromatic carbocycles. The molecular weight excluding hydrogens is 414 g/mol. The highest BCUT2D eigenvalue weighted by Crippen LogP contribution is 2.24. The van der Waals surface area contributed by atoms with Crippen molar-refractivity contribution < 1.29 is 13.2 Å². The molecule has 3 N–H and O–H groups in total. The van der Waals surface area contributed by atoms with Gasteiger partial charge in [0.05, 0.1) is 7.11 Å². The van der Waals surface area contributed by atoms with Crippen LogP contribution in [0.1, 0.15) is 16.8 Å². The molecule has 0 aliphatic carbocycles. The summed E-state index contributed by atoms with van der Waals surface area (Å²) in [5, 5.41) is 6.31. The van der Waals surface area contributed by atoms with Gasteiger partial charge < -0.3 is 15.4 Å². The van der Waals surface area contributed by atoms with E-state index in [4.69, 9.17) is 4.74 Å². The summed E-state index contributed by atoms with van der Waals surface area (Å²) >= 11 is 0. The third-order valence-corrected chi connectivity index (χ3v) is 5.97. The van der Waals surface area contributed by atoms with Gasteiger partial charge in [-0.15, -0.1) is 0 Å². The Morgan fingerprint density at radius 3 is 2.32 bits per heavy atom. The number of benzene rings is 2. The Morgan fingerprint density at radius 2 is 1.61 bits per heavy atom. The van der Waals surface area contributed by atoms with Crippen LogP contribution in [-0.2, 0) is 10.0 Å². The molecule has 0 saturated heterocycles. The van der Waals surface area contributed by atoms with Crippen LogP contribution in [0.3, 0.4) is 0 Å². The van der Waals surface area contributed by atoms with Gasteiger partial charge in [0, 0.05) is 30.5 Å². The molecule has 164 valence electrons. The number of nitrogens with one attached hydrogen (secondary N) is 3. The number of methoxy groups -OCH3 is 1. The smallest absolute Gasteiger partial charge is 0.244 e. The van der Waals surface area contributed by atoms with Gasteiger partial charge in [-0.1, -0.05) is 23.8 Å². The summed E-state index contributed by atoms with van der Waals surface area (Å²) in [6, 6.07) is 14.9. The van der Waals surface area contributed by atoms with Crippen molar-refractivity contribution in [3.8, 4) is 5.75 Å². The number of hydrogen-bond acceptors (Lipinski definition) is 7. The van der Waals surface area contributed by atoms with E-state index in [1.807, 2.05) is 51.1 Å². The summed E-state index contributed by atoms with van der Waals surface area (Å²) in [6.07, 6.45) is 0. The van der Waals surface area contributed by atoms with E-state index in [0.717, 1.165) is 16.9 Å². The van der Waals surface area contributed by atoms with Crippen molar-refractivity contribution in [2.45, 2.75) is 25.7 Å². The minimum atomic E-state index is -3.71. The lowest BCUT2D eigenvalue weighted by atomic mass is 10.2.